The minimum atomic E-state index is -5.05. The summed E-state index contributed by atoms with van der Waals surface area (Å²) < 4.78 is 46.3. The number of carbonyl (C=O) groups excluding carboxylic acids is 1. The molecular formula is C16H18F3N3O3. The number of halogens is 3. The van der Waals surface area contributed by atoms with Gasteiger partial charge >= 0.3 is 6.18 Å². The number of ether oxygens (including phenoxy) is 1. The number of amides is 1. The number of rotatable bonds is 7. The fourth-order valence-corrected chi connectivity index (χ4v) is 2.24. The molecule has 1 aromatic heterocycles. The van der Waals surface area contributed by atoms with Gasteiger partial charge in [-0.15, -0.1) is 0 Å². The van der Waals surface area contributed by atoms with Crippen LogP contribution < -0.4 is 10.1 Å². The molecule has 0 spiro atoms. The van der Waals surface area contributed by atoms with E-state index in [0.717, 1.165) is 10.8 Å². The predicted octanol–water partition coefficient (Wildman–Crippen LogP) is 1.76. The van der Waals surface area contributed by atoms with E-state index >= 15 is 0 Å². The third-order valence-electron chi connectivity index (χ3n) is 3.51. The van der Waals surface area contributed by atoms with Gasteiger partial charge in [-0.25, -0.2) is 4.98 Å². The monoisotopic (exact) mass is 357 g/mol. The largest absolute Gasteiger partial charge is 0.492 e. The Morgan fingerprint density at radius 1 is 1.32 bits per heavy atom. The molecule has 2 rings (SSSR count). The fourth-order valence-electron chi connectivity index (χ4n) is 2.24. The molecule has 0 bridgehead atoms. The first kappa shape index (κ1) is 18.8. The molecule has 0 aliphatic heterocycles. The van der Waals surface area contributed by atoms with Crippen molar-refractivity contribution in [1.29, 1.82) is 0 Å². The first-order valence-electron chi connectivity index (χ1n) is 7.45. The van der Waals surface area contributed by atoms with Gasteiger partial charge in [-0.05, 0) is 12.1 Å². The van der Waals surface area contributed by atoms with Gasteiger partial charge < -0.3 is 19.7 Å². The van der Waals surface area contributed by atoms with Gasteiger partial charge in [-0.1, -0.05) is 18.2 Å². The van der Waals surface area contributed by atoms with Crippen LogP contribution in [0.3, 0.4) is 0 Å². The van der Waals surface area contributed by atoms with E-state index in [9.17, 15) is 23.1 Å². The third-order valence-corrected chi connectivity index (χ3v) is 3.51. The first-order valence-corrected chi connectivity index (χ1v) is 7.45. The lowest BCUT2D eigenvalue weighted by atomic mass is 9.97. The smallest absolute Gasteiger partial charge is 0.425 e. The molecule has 9 heteroatoms. The van der Waals surface area contributed by atoms with Gasteiger partial charge in [-0.2, -0.15) is 13.2 Å². The van der Waals surface area contributed by atoms with Crippen LogP contribution in [0.25, 0.3) is 0 Å². The second-order valence-corrected chi connectivity index (χ2v) is 5.41. The standard InChI is InChI=1S/C16H18F3N3O3/c1-22-9-7-21-14(22)15(24,16(17,18)19)11-13(23)20-8-10-25-12-5-3-2-4-6-12/h2-7,9,24H,8,10-11H2,1H3,(H,20,23)/t15-/m1/s1. The molecule has 0 saturated heterocycles. The van der Waals surface area contributed by atoms with Gasteiger partial charge in [0.25, 0.3) is 0 Å². The van der Waals surface area contributed by atoms with E-state index < -0.39 is 29.9 Å². The summed E-state index contributed by atoms with van der Waals surface area (Å²) in [7, 11) is 1.31. The van der Waals surface area contributed by atoms with E-state index in [1.165, 1.54) is 13.2 Å². The number of imidazole rings is 1. The molecule has 0 aliphatic rings. The van der Waals surface area contributed by atoms with Crippen LogP contribution in [-0.4, -0.2) is 39.9 Å². The van der Waals surface area contributed by atoms with E-state index in [1.54, 1.807) is 24.3 Å². The van der Waals surface area contributed by atoms with Crippen molar-refractivity contribution in [2.24, 2.45) is 7.05 Å². The molecule has 2 aromatic rings. The maximum absolute atomic E-state index is 13.3. The number of alkyl halides is 3. The number of carbonyl (C=O) groups is 1. The Morgan fingerprint density at radius 2 is 2.00 bits per heavy atom. The summed E-state index contributed by atoms with van der Waals surface area (Å²) in [5.41, 5.74) is -3.37. The Bertz CT molecular complexity index is 703. The van der Waals surface area contributed by atoms with Crippen molar-refractivity contribution < 1.29 is 27.8 Å². The number of aromatic nitrogens is 2. The van der Waals surface area contributed by atoms with Crippen LogP contribution in [0.1, 0.15) is 12.2 Å². The molecule has 1 heterocycles. The lowest BCUT2D eigenvalue weighted by molar-refractivity contribution is -0.271. The summed E-state index contributed by atoms with van der Waals surface area (Å²) in [6, 6.07) is 8.77. The van der Waals surface area contributed by atoms with Gasteiger partial charge in [0.2, 0.25) is 11.5 Å². The first-order chi connectivity index (χ1) is 11.7. The highest BCUT2D eigenvalue weighted by atomic mass is 19.4. The maximum Gasteiger partial charge on any atom is 0.425 e. The van der Waals surface area contributed by atoms with Gasteiger partial charge in [0.05, 0.1) is 13.0 Å². The highest BCUT2D eigenvalue weighted by Gasteiger charge is 2.58. The van der Waals surface area contributed by atoms with Crippen LogP contribution in [0.5, 0.6) is 5.75 Å². The minimum Gasteiger partial charge on any atom is -0.492 e. The summed E-state index contributed by atoms with van der Waals surface area (Å²) in [5, 5.41) is 12.4. The summed E-state index contributed by atoms with van der Waals surface area (Å²) in [6.45, 7) is 0.0881. The van der Waals surface area contributed by atoms with Gasteiger partial charge in [0.15, 0.2) is 5.82 Å². The van der Waals surface area contributed by atoms with Crippen LogP contribution in [0.15, 0.2) is 42.7 Å². The summed E-state index contributed by atoms with van der Waals surface area (Å²) >= 11 is 0. The van der Waals surface area contributed by atoms with E-state index in [1.807, 2.05) is 6.07 Å². The number of aliphatic hydroxyl groups is 1. The number of aryl methyl sites for hydroxylation is 1. The second-order valence-electron chi connectivity index (χ2n) is 5.41. The average Bonchev–Trinajstić information content (AvgIpc) is 2.98. The zero-order valence-electron chi connectivity index (χ0n) is 13.5. The number of hydrogen-bond acceptors (Lipinski definition) is 4. The molecule has 1 atom stereocenters. The Morgan fingerprint density at radius 3 is 2.56 bits per heavy atom. The molecule has 136 valence electrons. The van der Waals surface area contributed by atoms with Crippen LogP contribution in [-0.2, 0) is 17.4 Å². The van der Waals surface area contributed by atoms with Crippen molar-refractivity contribution in [2.75, 3.05) is 13.2 Å². The van der Waals surface area contributed by atoms with Crippen molar-refractivity contribution in [3.63, 3.8) is 0 Å². The molecule has 6 nitrogen and oxygen atoms in total. The molecule has 0 saturated carbocycles. The highest BCUT2D eigenvalue weighted by molar-refractivity contribution is 5.77. The summed E-state index contributed by atoms with van der Waals surface area (Å²) in [6.07, 6.45) is -3.86. The van der Waals surface area contributed by atoms with Crippen LogP contribution in [0.4, 0.5) is 13.2 Å². The average molecular weight is 357 g/mol. The zero-order chi connectivity index (χ0) is 18.5. The Labute approximate surface area is 142 Å². The van der Waals surface area contributed by atoms with Crippen molar-refractivity contribution >= 4 is 5.91 Å². The quantitative estimate of drug-likeness (QED) is 0.741. The van der Waals surface area contributed by atoms with Crippen LogP contribution >= 0.6 is 0 Å². The highest BCUT2D eigenvalue weighted by Crippen LogP contribution is 2.40. The lowest BCUT2D eigenvalue weighted by Crippen LogP contribution is -2.48. The molecule has 0 unspecified atom stereocenters. The van der Waals surface area contributed by atoms with Gasteiger partial charge in [0, 0.05) is 19.4 Å². The molecule has 1 amide bonds. The number of para-hydroxylation sites is 1. The summed E-state index contributed by atoms with van der Waals surface area (Å²) in [5.74, 6) is -1.02. The third kappa shape index (κ3) is 4.50. The molecular weight excluding hydrogens is 339 g/mol. The van der Waals surface area contributed by atoms with Crippen molar-refractivity contribution in [2.45, 2.75) is 18.2 Å². The zero-order valence-corrected chi connectivity index (χ0v) is 13.5. The van der Waals surface area contributed by atoms with Crippen molar-refractivity contribution in [3.05, 3.63) is 48.5 Å². The topological polar surface area (TPSA) is 76.4 Å². The van der Waals surface area contributed by atoms with Gasteiger partial charge in [-0.3, -0.25) is 4.79 Å². The number of benzene rings is 1. The molecule has 1 aromatic carbocycles. The molecule has 0 aliphatic carbocycles. The number of nitrogens with zero attached hydrogens (tertiary/aromatic N) is 2. The lowest BCUT2D eigenvalue weighted by Gasteiger charge is -2.29. The normalized spacial score (nSPS) is 14.0. The Balaban J connectivity index is 1.93. The van der Waals surface area contributed by atoms with E-state index in [0.29, 0.717) is 5.75 Å². The maximum atomic E-state index is 13.3. The molecule has 0 radical (unpaired) electrons. The van der Waals surface area contributed by atoms with Gasteiger partial charge in [0.1, 0.15) is 12.4 Å². The number of nitrogens with one attached hydrogen (secondary N) is 1. The van der Waals surface area contributed by atoms with Crippen molar-refractivity contribution in [3.8, 4) is 5.75 Å². The van der Waals surface area contributed by atoms with Crippen LogP contribution in [0, 0.1) is 0 Å². The molecule has 25 heavy (non-hydrogen) atoms. The summed E-state index contributed by atoms with van der Waals surface area (Å²) in [4.78, 5) is 15.4. The molecule has 0 fully saturated rings. The Kier molecular flexibility index (Phi) is 5.68. The van der Waals surface area contributed by atoms with E-state index in [-0.39, 0.29) is 13.2 Å². The Hall–Kier alpha value is -2.55. The SMILES string of the molecule is Cn1ccnc1[C@](O)(CC(=O)NCCOc1ccccc1)C(F)(F)F. The fraction of sp³-hybridized carbons (Fsp3) is 0.375. The van der Waals surface area contributed by atoms with Crippen molar-refractivity contribution in [1.82, 2.24) is 14.9 Å². The van der Waals surface area contributed by atoms with Crippen LogP contribution in [0.2, 0.25) is 0 Å². The van der Waals surface area contributed by atoms with E-state index in [2.05, 4.69) is 10.3 Å². The predicted molar refractivity (Wildman–Crippen MR) is 82.7 cm³/mol. The second kappa shape index (κ2) is 7.56. The minimum absolute atomic E-state index is 0.00221. The van der Waals surface area contributed by atoms with E-state index in [4.69, 9.17) is 4.74 Å². The molecule has 2 N–H and O–H groups in total. The number of hydrogen-bond donors (Lipinski definition) is 2.